The summed E-state index contributed by atoms with van der Waals surface area (Å²) in [7, 11) is -3.84. The molecule has 5 atom stereocenters. The van der Waals surface area contributed by atoms with E-state index in [1.807, 2.05) is 55.5 Å². The Hall–Kier alpha value is -4.06. The summed E-state index contributed by atoms with van der Waals surface area (Å²) in [6.07, 6.45) is 12.6. The summed E-state index contributed by atoms with van der Waals surface area (Å²) >= 11 is 0. The maximum absolute atomic E-state index is 14.7. The average molecular weight is 732 g/mol. The lowest BCUT2D eigenvalue weighted by molar-refractivity contribution is -0.159. The average Bonchev–Trinajstić information content (AvgIpc) is 4.00. The van der Waals surface area contributed by atoms with Crippen LogP contribution in [0.4, 0.5) is 0 Å². The first kappa shape index (κ1) is 36.3. The van der Waals surface area contributed by atoms with Crippen molar-refractivity contribution in [1.82, 2.24) is 14.6 Å². The maximum Gasteiger partial charge on any atom is 0.307 e. The molecular formula is C40H49N3O8S. The number of sulfonamides is 1. The van der Waals surface area contributed by atoms with Gasteiger partial charge in [-0.2, -0.15) is 0 Å². The first-order valence-electron chi connectivity index (χ1n) is 18.7. The van der Waals surface area contributed by atoms with E-state index in [0.717, 1.165) is 35.7 Å². The summed E-state index contributed by atoms with van der Waals surface area (Å²) in [6, 6.07) is 6.83. The second kappa shape index (κ2) is 13.4. The third-order valence-electron chi connectivity index (χ3n) is 11.2. The third kappa shape index (κ3) is 7.27. The lowest BCUT2D eigenvalue weighted by atomic mass is 9.88. The van der Waals surface area contributed by atoms with Crippen LogP contribution in [0, 0.1) is 24.2 Å². The Morgan fingerprint density at radius 2 is 1.85 bits per heavy atom. The molecular weight excluding hydrogens is 683 g/mol. The smallest absolute Gasteiger partial charge is 0.307 e. The van der Waals surface area contributed by atoms with E-state index < -0.39 is 55.7 Å². The van der Waals surface area contributed by atoms with E-state index in [-0.39, 0.29) is 43.4 Å². The number of ketones is 1. The number of nitrogens with zero attached hydrogens (tertiary/aromatic N) is 2. The molecule has 1 N–H and O–H groups in total. The molecule has 0 radical (unpaired) electrons. The highest BCUT2D eigenvalue weighted by Gasteiger charge is 2.62. The van der Waals surface area contributed by atoms with Gasteiger partial charge in [-0.25, -0.2) is 13.4 Å². The number of para-hydroxylation sites is 1. The molecule has 11 nitrogen and oxygen atoms in total. The number of Topliss-reactive ketones (excluding diaryl/α,β-unsaturated/α-hetero) is 1. The summed E-state index contributed by atoms with van der Waals surface area (Å²) in [6.45, 7) is 7.29. The van der Waals surface area contributed by atoms with Crippen molar-refractivity contribution in [2.24, 2.45) is 17.3 Å². The SMILES string of the molecule is Cc1nc2ccccc2c2c1O[C@]1(C=C2)C[C@H]2C(=O)C[C@]3(C(=O)NS(=O)(=O)C4CC4)C[C@H]3/C=C\CCCCC[C@H](CC(=O)OC(C)(C)C)C(=O)N2C1. The summed E-state index contributed by atoms with van der Waals surface area (Å²) in [5, 5.41) is 0.338. The van der Waals surface area contributed by atoms with Gasteiger partial charge in [-0.15, -0.1) is 0 Å². The van der Waals surface area contributed by atoms with Crippen LogP contribution in [0.25, 0.3) is 17.0 Å². The molecule has 7 rings (SSSR count). The van der Waals surface area contributed by atoms with Gasteiger partial charge in [0.15, 0.2) is 5.78 Å². The molecule has 2 amide bonds. The fraction of sp³-hybridized carbons (Fsp3) is 0.575. The highest BCUT2D eigenvalue weighted by atomic mass is 32.2. The Kier molecular flexibility index (Phi) is 9.36. The molecule has 278 valence electrons. The number of esters is 1. The van der Waals surface area contributed by atoms with Gasteiger partial charge in [-0.3, -0.25) is 23.9 Å². The van der Waals surface area contributed by atoms with Gasteiger partial charge in [0.05, 0.1) is 40.9 Å². The molecule has 12 heteroatoms. The van der Waals surface area contributed by atoms with Crippen molar-refractivity contribution in [3.8, 4) is 5.75 Å². The molecule has 0 unspecified atom stereocenters. The number of ether oxygens (including phenoxy) is 2. The number of nitrogens with one attached hydrogen (secondary N) is 1. The second-order valence-corrected chi connectivity index (χ2v) is 18.4. The number of amides is 2. The number of aryl methyl sites for hydroxylation is 1. The van der Waals surface area contributed by atoms with Gasteiger partial charge in [-0.05, 0) is 84.3 Å². The van der Waals surface area contributed by atoms with Crippen LogP contribution in [0.3, 0.4) is 0 Å². The van der Waals surface area contributed by atoms with Gasteiger partial charge in [0, 0.05) is 29.7 Å². The van der Waals surface area contributed by atoms with Crippen molar-refractivity contribution >= 4 is 50.6 Å². The summed E-state index contributed by atoms with van der Waals surface area (Å²) < 4.78 is 40.5. The first-order valence-corrected chi connectivity index (χ1v) is 20.2. The molecule has 4 heterocycles. The summed E-state index contributed by atoms with van der Waals surface area (Å²) in [5.74, 6) is -2.22. The summed E-state index contributed by atoms with van der Waals surface area (Å²) in [4.78, 5) is 62.6. The number of aromatic nitrogens is 1. The zero-order valence-corrected chi connectivity index (χ0v) is 31.3. The quantitative estimate of drug-likeness (QED) is 0.301. The Morgan fingerprint density at radius 3 is 2.60 bits per heavy atom. The van der Waals surface area contributed by atoms with Gasteiger partial charge < -0.3 is 14.4 Å². The third-order valence-corrected chi connectivity index (χ3v) is 13.0. The van der Waals surface area contributed by atoms with Crippen LogP contribution in [-0.2, 0) is 33.9 Å². The van der Waals surface area contributed by atoms with Crippen molar-refractivity contribution in [2.75, 3.05) is 6.54 Å². The van der Waals surface area contributed by atoms with Crippen LogP contribution >= 0.6 is 0 Å². The standard InChI is InChI=1S/C40H49N3O8S/c1-25-35-30(29-14-10-11-15-31(29)41-25)18-19-39(51-35)22-32-33(44)23-40(37(47)42-52(48,49)28-16-17-28)21-27(40)13-9-7-5-6-8-12-26(36(46)43(32)24-39)20-34(45)50-38(2,3)4/h9-11,13-15,18-19,26-28,32H,5-8,12,16-17,20-24H2,1-4H3,(H,42,47)/b13-9-/t26-,27-,32+,39-,40-/m1/s1. The zero-order chi connectivity index (χ0) is 37.1. The first-order chi connectivity index (χ1) is 24.6. The number of rotatable bonds is 5. The largest absolute Gasteiger partial charge is 0.479 e. The number of carbonyl (C=O) groups excluding carboxylic acids is 4. The Labute approximate surface area is 305 Å². The van der Waals surface area contributed by atoms with Crippen molar-refractivity contribution < 1.29 is 37.1 Å². The van der Waals surface area contributed by atoms with E-state index >= 15 is 0 Å². The predicted molar refractivity (Wildman–Crippen MR) is 195 cm³/mol. The maximum atomic E-state index is 14.7. The molecule has 3 aliphatic heterocycles. The van der Waals surface area contributed by atoms with Gasteiger partial charge in [0.25, 0.3) is 0 Å². The number of benzene rings is 1. The van der Waals surface area contributed by atoms with Crippen LogP contribution in [-0.4, -0.2) is 70.9 Å². The van der Waals surface area contributed by atoms with Gasteiger partial charge >= 0.3 is 5.97 Å². The zero-order valence-electron chi connectivity index (χ0n) is 30.5. The van der Waals surface area contributed by atoms with Gasteiger partial charge in [-0.1, -0.05) is 49.3 Å². The highest BCUT2D eigenvalue weighted by molar-refractivity contribution is 7.90. The van der Waals surface area contributed by atoms with Crippen LogP contribution in [0.5, 0.6) is 5.75 Å². The molecule has 5 aliphatic rings. The molecule has 2 saturated carbocycles. The number of hydrogen-bond acceptors (Lipinski definition) is 9. The van der Waals surface area contributed by atoms with Crippen molar-refractivity contribution in [3.05, 3.63) is 53.8 Å². The number of pyridine rings is 1. The van der Waals surface area contributed by atoms with E-state index in [4.69, 9.17) is 14.5 Å². The molecule has 1 saturated heterocycles. The lowest BCUT2D eigenvalue weighted by Crippen LogP contribution is -2.47. The minimum atomic E-state index is -3.84. The molecule has 2 aromatic rings. The number of fused-ring (bicyclic) bond motifs is 5. The van der Waals surface area contributed by atoms with Gasteiger partial charge in [0.2, 0.25) is 21.8 Å². The van der Waals surface area contributed by atoms with Crippen molar-refractivity contribution in [3.63, 3.8) is 0 Å². The minimum Gasteiger partial charge on any atom is -0.479 e. The summed E-state index contributed by atoms with van der Waals surface area (Å²) in [5.41, 5.74) is -0.632. The number of carbonyl (C=O) groups is 4. The van der Waals surface area contributed by atoms with Crippen LogP contribution in [0.15, 0.2) is 42.5 Å². The topological polar surface area (TPSA) is 149 Å². The normalized spacial score (nSPS) is 30.0. The molecule has 3 fully saturated rings. The second-order valence-electron chi connectivity index (χ2n) is 16.5. The highest BCUT2D eigenvalue weighted by Crippen LogP contribution is 2.57. The predicted octanol–water partition coefficient (Wildman–Crippen LogP) is 5.73. The molecule has 52 heavy (non-hydrogen) atoms. The van der Waals surface area contributed by atoms with E-state index in [9.17, 15) is 27.6 Å². The fourth-order valence-electron chi connectivity index (χ4n) is 8.20. The Morgan fingerprint density at radius 1 is 1.08 bits per heavy atom. The van der Waals surface area contributed by atoms with Crippen LogP contribution in [0.2, 0.25) is 0 Å². The van der Waals surface area contributed by atoms with Crippen molar-refractivity contribution in [2.45, 2.75) is 121 Å². The van der Waals surface area contributed by atoms with E-state index in [1.54, 1.807) is 25.7 Å². The Balaban J connectivity index is 1.24. The molecule has 1 aromatic heterocycles. The lowest BCUT2D eigenvalue weighted by Gasteiger charge is -2.33. The van der Waals surface area contributed by atoms with Crippen molar-refractivity contribution in [1.29, 1.82) is 0 Å². The Bertz CT molecular complexity index is 1980. The monoisotopic (exact) mass is 731 g/mol. The fourth-order valence-corrected chi connectivity index (χ4v) is 9.59. The molecule has 0 bridgehead atoms. The van der Waals surface area contributed by atoms with E-state index in [2.05, 4.69) is 4.72 Å². The molecule has 1 aromatic carbocycles. The molecule has 1 spiro atoms. The molecule has 2 aliphatic carbocycles. The van der Waals surface area contributed by atoms with Crippen LogP contribution < -0.4 is 9.46 Å². The minimum absolute atomic E-state index is 0.0633. The van der Waals surface area contributed by atoms with E-state index in [0.29, 0.717) is 43.5 Å². The van der Waals surface area contributed by atoms with Gasteiger partial charge in [0.1, 0.15) is 17.0 Å². The number of allylic oxidation sites excluding steroid dienone is 2. The van der Waals surface area contributed by atoms with Crippen LogP contribution in [0.1, 0.15) is 103 Å². The number of hydrogen-bond donors (Lipinski definition) is 1. The van der Waals surface area contributed by atoms with E-state index in [1.165, 1.54) is 0 Å².